The fourth-order valence-electron chi connectivity index (χ4n) is 2.75. The lowest BCUT2D eigenvalue weighted by molar-refractivity contribution is -0.137. The summed E-state index contributed by atoms with van der Waals surface area (Å²) in [6.07, 6.45) is 6.88. The van der Waals surface area contributed by atoms with E-state index in [1.165, 1.54) is 0 Å². The molecule has 5 nitrogen and oxygen atoms in total. The number of rotatable bonds is 11. The summed E-state index contributed by atoms with van der Waals surface area (Å²) in [4.78, 5) is 24.4. The third-order valence-electron chi connectivity index (χ3n) is 4.37. The van der Waals surface area contributed by atoms with E-state index >= 15 is 0 Å². The molecule has 1 aliphatic heterocycles. The summed E-state index contributed by atoms with van der Waals surface area (Å²) >= 11 is 1.68. The van der Waals surface area contributed by atoms with Gasteiger partial charge in [0.2, 0.25) is 5.91 Å². The largest absolute Gasteiger partial charge is 0.481 e. The summed E-state index contributed by atoms with van der Waals surface area (Å²) in [7, 11) is 0. The zero-order valence-corrected chi connectivity index (χ0v) is 16.6. The standard InChI is InChI=1S/C20H31NO4S/c1-3-4-5-7-16(2)18(22)11-9-17-10-12-19(23)21(17)13-15-26-14-6-8-20(24)25/h9,11,16-18,22H,3,6-8,10,12-15H2,1-2H3,(H,24,25)/t16-,17-,18-/m0/s1. The van der Waals surface area contributed by atoms with Gasteiger partial charge in [0, 0.05) is 38.0 Å². The summed E-state index contributed by atoms with van der Waals surface area (Å²) in [6, 6.07) is 0.0469. The molecule has 6 heteroatoms. The number of carboxylic acids is 1. The molecule has 0 saturated carbocycles. The first-order valence-corrected chi connectivity index (χ1v) is 10.5. The normalized spacial score (nSPS) is 19.4. The highest BCUT2D eigenvalue weighted by atomic mass is 32.2. The molecule has 1 rings (SSSR count). The second kappa shape index (κ2) is 12.8. The van der Waals surface area contributed by atoms with Crippen LogP contribution in [0.15, 0.2) is 12.2 Å². The van der Waals surface area contributed by atoms with Gasteiger partial charge in [-0.25, -0.2) is 0 Å². The zero-order chi connectivity index (χ0) is 19.4. The molecular formula is C20H31NO4S. The number of thioether (sulfide) groups is 1. The van der Waals surface area contributed by atoms with Gasteiger partial charge in [0.05, 0.1) is 12.1 Å². The second-order valence-electron chi connectivity index (χ2n) is 6.57. The highest BCUT2D eigenvalue weighted by Crippen LogP contribution is 2.21. The van der Waals surface area contributed by atoms with Gasteiger partial charge in [-0.05, 0) is 24.5 Å². The third kappa shape index (κ3) is 8.77. The topological polar surface area (TPSA) is 77.8 Å². The molecule has 1 fully saturated rings. The number of carbonyl (C=O) groups excluding carboxylic acids is 1. The monoisotopic (exact) mass is 381 g/mol. The first kappa shape index (κ1) is 22.6. The van der Waals surface area contributed by atoms with Gasteiger partial charge in [-0.3, -0.25) is 9.59 Å². The molecule has 0 bridgehead atoms. The molecule has 1 saturated heterocycles. The minimum absolute atomic E-state index is 0.0469. The Morgan fingerprint density at radius 1 is 1.42 bits per heavy atom. The van der Waals surface area contributed by atoms with Gasteiger partial charge in [0.25, 0.3) is 0 Å². The highest BCUT2D eigenvalue weighted by molar-refractivity contribution is 7.99. The van der Waals surface area contributed by atoms with Gasteiger partial charge < -0.3 is 15.1 Å². The maximum absolute atomic E-state index is 12.1. The van der Waals surface area contributed by atoms with Crippen molar-refractivity contribution in [2.45, 2.75) is 64.5 Å². The Kier molecular flexibility index (Phi) is 11.1. The van der Waals surface area contributed by atoms with E-state index in [2.05, 4.69) is 11.8 Å². The van der Waals surface area contributed by atoms with E-state index in [0.717, 1.165) is 24.3 Å². The van der Waals surface area contributed by atoms with Crippen LogP contribution in [0.25, 0.3) is 0 Å². The van der Waals surface area contributed by atoms with Crippen molar-refractivity contribution in [2.75, 3.05) is 18.1 Å². The molecule has 3 atom stereocenters. The lowest BCUT2D eigenvalue weighted by atomic mass is 10.00. The average Bonchev–Trinajstić information content (AvgIpc) is 2.95. The smallest absolute Gasteiger partial charge is 0.303 e. The average molecular weight is 382 g/mol. The van der Waals surface area contributed by atoms with Gasteiger partial charge in [-0.1, -0.05) is 26.0 Å². The first-order chi connectivity index (χ1) is 12.5. The summed E-state index contributed by atoms with van der Waals surface area (Å²) in [6.45, 7) is 4.65. The molecule has 2 N–H and O–H groups in total. The van der Waals surface area contributed by atoms with Crippen LogP contribution in [0.1, 0.15) is 52.4 Å². The van der Waals surface area contributed by atoms with Gasteiger partial charge in [-0.2, -0.15) is 11.8 Å². The van der Waals surface area contributed by atoms with E-state index in [0.29, 0.717) is 25.8 Å². The second-order valence-corrected chi connectivity index (χ2v) is 7.79. The number of carboxylic acid groups (broad SMARTS) is 1. The van der Waals surface area contributed by atoms with Crippen LogP contribution in [0.2, 0.25) is 0 Å². The number of amides is 1. The van der Waals surface area contributed by atoms with Crippen molar-refractivity contribution in [1.82, 2.24) is 4.90 Å². The number of hydrogen-bond acceptors (Lipinski definition) is 4. The van der Waals surface area contributed by atoms with Crippen LogP contribution in [0.3, 0.4) is 0 Å². The van der Waals surface area contributed by atoms with Crippen molar-refractivity contribution >= 4 is 23.6 Å². The molecule has 26 heavy (non-hydrogen) atoms. The number of aliphatic carboxylic acids is 1. The van der Waals surface area contributed by atoms with E-state index in [1.54, 1.807) is 17.8 Å². The fraction of sp³-hybridized carbons (Fsp3) is 0.700. The maximum atomic E-state index is 12.1. The molecule has 0 aromatic rings. The van der Waals surface area contributed by atoms with Crippen LogP contribution in [0, 0.1) is 17.8 Å². The molecule has 1 amide bonds. The third-order valence-corrected chi connectivity index (χ3v) is 5.42. The number of carbonyl (C=O) groups is 2. The van der Waals surface area contributed by atoms with Crippen molar-refractivity contribution in [1.29, 1.82) is 0 Å². The molecule has 0 radical (unpaired) electrons. The lowest BCUT2D eigenvalue weighted by Gasteiger charge is -2.23. The molecule has 0 aliphatic carbocycles. The Balaban J connectivity index is 2.39. The number of aliphatic hydroxyl groups is 1. The Morgan fingerprint density at radius 2 is 2.19 bits per heavy atom. The quantitative estimate of drug-likeness (QED) is 0.327. The van der Waals surface area contributed by atoms with Gasteiger partial charge in [-0.15, -0.1) is 11.8 Å². The number of nitrogens with zero attached hydrogens (tertiary/aromatic N) is 1. The molecule has 0 spiro atoms. The van der Waals surface area contributed by atoms with Crippen LogP contribution in [0.4, 0.5) is 0 Å². The summed E-state index contributed by atoms with van der Waals surface area (Å²) < 4.78 is 0. The first-order valence-electron chi connectivity index (χ1n) is 9.36. The van der Waals surface area contributed by atoms with Crippen molar-refractivity contribution < 1.29 is 19.8 Å². The predicted molar refractivity (Wildman–Crippen MR) is 106 cm³/mol. The van der Waals surface area contributed by atoms with E-state index in [4.69, 9.17) is 5.11 Å². The molecule has 1 aliphatic rings. The number of hydrogen-bond donors (Lipinski definition) is 2. The minimum Gasteiger partial charge on any atom is -0.481 e. The Labute approximate surface area is 161 Å². The minimum atomic E-state index is -0.765. The van der Waals surface area contributed by atoms with Crippen LogP contribution in [-0.2, 0) is 9.59 Å². The number of aliphatic hydroxyl groups excluding tert-OH is 1. The maximum Gasteiger partial charge on any atom is 0.303 e. The SMILES string of the molecule is CCC#CC[C@H](C)[C@@H](O)C=C[C@H]1CCC(=O)N1CCSCCCC(=O)O. The molecule has 1 heterocycles. The van der Waals surface area contributed by atoms with Crippen molar-refractivity contribution in [3.05, 3.63) is 12.2 Å². The van der Waals surface area contributed by atoms with Gasteiger partial charge >= 0.3 is 5.97 Å². The summed E-state index contributed by atoms with van der Waals surface area (Å²) in [5, 5.41) is 18.9. The van der Waals surface area contributed by atoms with Gasteiger partial charge in [0.15, 0.2) is 0 Å². The van der Waals surface area contributed by atoms with Crippen LogP contribution >= 0.6 is 11.8 Å². The van der Waals surface area contributed by atoms with Crippen LogP contribution < -0.4 is 0 Å². The van der Waals surface area contributed by atoms with E-state index < -0.39 is 12.1 Å². The Bertz CT molecular complexity index is 538. The van der Waals surface area contributed by atoms with Crippen molar-refractivity contribution in [2.24, 2.45) is 5.92 Å². The van der Waals surface area contributed by atoms with E-state index in [1.807, 2.05) is 24.8 Å². The number of likely N-dealkylation sites (tertiary alicyclic amines) is 1. The highest BCUT2D eigenvalue weighted by Gasteiger charge is 2.28. The molecule has 146 valence electrons. The summed E-state index contributed by atoms with van der Waals surface area (Å²) in [5.41, 5.74) is 0. The fourth-order valence-corrected chi connectivity index (χ4v) is 3.63. The summed E-state index contributed by atoms with van der Waals surface area (Å²) in [5.74, 6) is 7.14. The van der Waals surface area contributed by atoms with Gasteiger partial charge in [0.1, 0.15) is 0 Å². The van der Waals surface area contributed by atoms with Crippen LogP contribution in [0.5, 0.6) is 0 Å². The zero-order valence-electron chi connectivity index (χ0n) is 15.8. The predicted octanol–water partition coefficient (Wildman–Crippen LogP) is 2.93. The Morgan fingerprint density at radius 3 is 2.88 bits per heavy atom. The molecule has 0 aromatic carbocycles. The molecule has 0 unspecified atom stereocenters. The Hall–Kier alpha value is -1.45. The van der Waals surface area contributed by atoms with E-state index in [-0.39, 0.29) is 24.3 Å². The van der Waals surface area contributed by atoms with Crippen molar-refractivity contribution in [3.8, 4) is 11.8 Å². The lowest BCUT2D eigenvalue weighted by Crippen LogP contribution is -2.34. The van der Waals surface area contributed by atoms with Crippen LogP contribution in [-0.4, -0.2) is 57.2 Å². The molecular weight excluding hydrogens is 350 g/mol. The van der Waals surface area contributed by atoms with E-state index in [9.17, 15) is 14.7 Å². The van der Waals surface area contributed by atoms with Crippen molar-refractivity contribution in [3.63, 3.8) is 0 Å². The molecule has 0 aromatic heterocycles.